The van der Waals surface area contributed by atoms with Crippen LogP contribution in [-0.2, 0) is 112 Å². The van der Waals surface area contributed by atoms with Crippen LogP contribution in [0.25, 0.3) is 44.1 Å². The summed E-state index contributed by atoms with van der Waals surface area (Å²) < 4.78 is 243. The molecule has 0 spiro atoms. The zero-order valence-corrected chi connectivity index (χ0v) is 71.9. The molecule has 2 saturated heterocycles. The molecule has 2 saturated carbocycles. The number of benzene rings is 4. The highest BCUT2D eigenvalue weighted by Gasteiger charge is 2.68. The second kappa shape index (κ2) is 34.9. The molecule has 0 unspecified atom stereocenters. The number of ether oxygens (including phenoxy) is 2. The fraction of sp³-hybridized carbons (Fsp3) is 0.419. The van der Waals surface area contributed by atoms with Crippen LogP contribution < -0.4 is 5.32 Å². The first-order valence-corrected chi connectivity index (χ1v) is 44.5. The highest BCUT2D eigenvalue weighted by atomic mass is 35.5. The van der Waals surface area contributed by atoms with Crippen molar-refractivity contribution in [2.45, 2.75) is 150 Å². The molecule has 2 aliphatic heterocycles. The van der Waals surface area contributed by atoms with Gasteiger partial charge in [-0.3, -0.25) is 37.9 Å². The van der Waals surface area contributed by atoms with Gasteiger partial charge in [0.2, 0.25) is 11.1 Å². The van der Waals surface area contributed by atoms with Crippen LogP contribution in [0.3, 0.4) is 0 Å². The van der Waals surface area contributed by atoms with Crippen molar-refractivity contribution in [2.24, 2.45) is 25.9 Å². The molecule has 4 aliphatic carbocycles. The normalized spacial score (nSPS) is 20.6. The number of carbonyl (C=O) groups is 4. The Balaban J connectivity index is 0.000000195. The van der Waals surface area contributed by atoms with Gasteiger partial charge in [0.15, 0.2) is 31.2 Å². The van der Waals surface area contributed by atoms with Crippen molar-refractivity contribution in [1.82, 2.24) is 59.3 Å². The summed E-state index contributed by atoms with van der Waals surface area (Å²) in [7, 11) is -3.97. The molecule has 4 fully saturated rings. The summed E-state index contributed by atoms with van der Waals surface area (Å²) in [5, 5.41) is 20.5. The van der Waals surface area contributed by atoms with Gasteiger partial charge in [-0.05, 0) is 147 Å². The van der Waals surface area contributed by atoms with Crippen LogP contribution >= 0.6 is 34.8 Å². The Morgan fingerprint density at radius 3 is 1.34 bits per heavy atom. The molecule has 6 aromatic heterocycles. The summed E-state index contributed by atoms with van der Waals surface area (Å²) in [5.74, 6) is -6.69. The number of carbonyl (C=O) groups excluding carboxylic acids is 4. The number of Topliss-reactive ketones (excluding diaryl/α,β-unsaturated/α-hetero) is 2. The van der Waals surface area contributed by atoms with Gasteiger partial charge in [0.1, 0.15) is 81.7 Å². The second-order valence-electron chi connectivity index (χ2n) is 32.6. The molecule has 22 nitrogen and oxygen atoms in total. The number of ketones is 2. The first-order chi connectivity index (χ1) is 58.7. The fourth-order valence-electron chi connectivity index (χ4n) is 17.4. The molecule has 10 aromatic rings. The Bertz CT molecular complexity index is 6390. The van der Waals surface area contributed by atoms with Gasteiger partial charge in [-0.1, -0.05) is 47.2 Å². The van der Waals surface area contributed by atoms with Gasteiger partial charge in [0.25, 0.3) is 24.7 Å². The maximum atomic E-state index is 15.5. The van der Waals surface area contributed by atoms with Crippen LogP contribution in [0.5, 0.6) is 0 Å². The number of hydrogen-bond acceptors (Lipinski definition) is 17. The number of hydrogen-bond donors (Lipinski definition) is 1. The van der Waals surface area contributed by atoms with E-state index in [1.54, 1.807) is 75.3 Å². The minimum Gasteiger partial charge on any atom is -0.360 e. The maximum Gasteiger partial charge on any atom is 0.293 e. The van der Waals surface area contributed by atoms with E-state index in [0.29, 0.717) is 91.8 Å². The van der Waals surface area contributed by atoms with Crippen molar-refractivity contribution in [3.63, 3.8) is 0 Å². The number of nitrogens with zero attached hydrogens (tertiary/aromatic N) is 11. The molecule has 1 N–H and O–H groups in total. The fourth-order valence-corrected chi connectivity index (χ4v) is 19.3. The molecule has 125 heavy (non-hydrogen) atoms. The molecule has 0 radical (unpaired) electrons. The minimum atomic E-state index is -3.59. The van der Waals surface area contributed by atoms with Gasteiger partial charge < -0.3 is 19.7 Å². The number of morpholine rings is 2. The predicted molar refractivity (Wildman–Crippen MR) is 438 cm³/mol. The Morgan fingerprint density at radius 2 is 0.960 bits per heavy atom. The van der Waals surface area contributed by atoms with Crippen LogP contribution in [0.4, 0.5) is 52.7 Å². The third-order valence-corrected chi connectivity index (χ3v) is 24.8. The first-order valence-electron chi connectivity index (χ1n) is 39.3. The zero-order chi connectivity index (χ0) is 90.4. The monoisotopic (exact) mass is 1840 g/mol. The maximum absolute atomic E-state index is 15.5. The summed E-state index contributed by atoms with van der Waals surface area (Å²) in [6.07, 6.45) is -5.48. The van der Waals surface area contributed by atoms with Crippen LogP contribution in [0.1, 0.15) is 169 Å². The van der Waals surface area contributed by atoms with E-state index >= 15 is 17.6 Å². The summed E-state index contributed by atoms with van der Waals surface area (Å²) in [5.41, 5.74) is -1.57. The van der Waals surface area contributed by atoms with Crippen LogP contribution in [0.2, 0.25) is 10.0 Å². The topological polar surface area (TPSA) is 267 Å². The molecule has 39 heteroatoms. The molecule has 8 atom stereocenters. The molecular weight excluding hydrogens is 1760 g/mol. The summed E-state index contributed by atoms with van der Waals surface area (Å²) in [4.78, 5) is 61.2. The van der Waals surface area contributed by atoms with Crippen molar-refractivity contribution >= 4 is 99.0 Å². The number of halogens is 15. The van der Waals surface area contributed by atoms with E-state index in [0.717, 1.165) is 36.8 Å². The number of alkyl halides is 8. The quantitative estimate of drug-likeness (QED) is 0.0375. The highest BCUT2D eigenvalue weighted by Crippen LogP contribution is 2.69. The van der Waals surface area contributed by atoms with E-state index in [1.165, 1.54) is 29.3 Å². The Kier molecular flexibility index (Phi) is 25.5. The average molecular weight is 1840 g/mol. The number of sulfone groups is 2. The molecule has 8 heterocycles. The number of aryl methyl sites for hydroxylation is 2. The van der Waals surface area contributed by atoms with Gasteiger partial charge in [-0.15, -0.1) is 0 Å². The molecular formula is C86H79Cl3F12N12O10S2. The van der Waals surface area contributed by atoms with E-state index in [1.807, 2.05) is 0 Å². The number of rotatable bonds is 22. The second-order valence-corrected chi connectivity index (χ2v) is 38.2. The summed E-state index contributed by atoms with van der Waals surface area (Å²) in [6, 6.07) is 18.7. The molecule has 6 aliphatic rings. The molecule has 0 bridgehead atoms. The number of aromatic nitrogens is 10. The van der Waals surface area contributed by atoms with Crippen molar-refractivity contribution in [3.8, 4) is 45.9 Å². The van der Waals surface area contributed by atoms with Gasteiger partial charge in [0, 0.05) is 153 Å². The Hall–Kier alpha value is -10.1. The van der Waals surface area contributed by atoms with E-state index < -0.39 is 186 Å². The summed E-state index contributed by atoms with van der Waals surface area (Å²) in [6.45, 7) is 6.90. The van der Waals surface area contributed by atoms with E-state index in [-0.39, 0.29) is 116 Å². The average Bonchev–Trinajstić information content (AvgIpc) is 1.52. The summed E-state index contributed by atoms with van der Waals surface area (Å²) >= 11 is 18.0. The highest BCUT2D eigenvalue weighted by molar-refractivity contribution is 7.90. The van der Waals surface area contributed by atoms with E-state index in [9.17, 15) is 71.1 Å². The van der Waals surface area contributed by atoms with Gasteiger partial charge >= 0.3 is 0 Å². The standard InChI is InChI=1S/C43H39ClF6N6O5S.C41H37ClF6N6O4S.C2H3ClO/c1-22(57)55-11-12-61-42(2,21-55)10-9-27-5-6-29(30-7-8-33(44)36-34(20-62(4,59)60)52-54(3)39(30)36)37(51-27)24(13-23-14-25(45)17-26(46)15-23)16-28(58)19-56-40-35(38(53-56)41(47)48)31-18-32(31)43(40,49)50;1-40(20-49-10-11-58-40)9-8-25-4-5-27(28-6-7-31(42)34-32(19-59(3,56)57)51-53(2)37(28)34)35(50-25)22(12-21-13-23(43)16-24(44)14-21)15-26(55)18-54-38-33(36(52-54)39(45)46)29-17-30(29)41(38,47)48;1-2(3)4/h5-8,14-15,17,24,31-32,41H,11-13,16,18-21H2,1-4H3;4-7,13-14,16,22,29-30,39,49H,10-12,15,17-20H2,1-3H3;1H3/t24-,31+,32-,42-;22-,29+,30-,40-;/m11./s1. The minimum absolute atomic E-state index is 0.0317. The lowest BCUT2D eigenvalue weighted by Crippen LogP contribution is -2.50. The lowest BCUT2D eigenvalue weighted by atomic mass is 9.86. The SMILES string of the molecule is CC(=O)Cl.CC(=O)N1CCO[C@](C)(C#Cc2ccc(-c3ccc(Cl)c4c(CS(C)(=O)=O)nn(C)c34)c([C@@H](CC(=O)Cn3nc(C(F)F)c4c3C(F)(F)[C@@H]3C[C@H]43)Cc3cc(F)cc(F)c3)n2)C1.Cn1nc(CS(C)(=O)=O)c2c(Cl)ccc(-c3ccc(C#C[C@]4(C)CNCCO4)nc3[C@@H](CC(=O)Cn3nc(C(F)F)c4c3C(F)(F)[C@@H]3C[C@H]43)Cc3cc(F)cc(F)c3)c21. The molecule has 660 valence electrons. The van der Waals surface area contributed by atoms with Gasteiger partial charge in [0.05, 0.1) is 75.1 Å². The van der Waals surface area contributed by atoms with Gasteiger partial charge in [-0.25, -0.2) is 61.9 Å². The van der Waals surface area contributed by atoms with E-state index in [2.05, 4.69) is 61.0 Å². The van der Waals surface area contributed by atoms with E-state index in [4.69, 9.17) is 42.6 Å². The number of fused-ring (bicyclic) bond motifs is 8. The Labute approximate surface area is 723 Å². The van der Waals surface area contributed by atoms with Crippen LogP contribution in [0, 0.1) is 58.8 Å². The van der Waals surface area contributed by atoms with Crippen molar-refractivity contribution in [1.29, 1.82) is 0 Å². The lowest BCUT2D eigenvalue weighted by molar-refractivity contribution is -0.139. The smallest absolute Gasteiger partial charge is 0.293 e. The van der Waals surface area contributed by atoms with Crippen molar-refractivity contribution in [2.75, 3.05) is 51.9 Å². The molecule has 16 rings (SSSR count). The predicted octanol–water partition coefficient (Wildman–Crippen LogP) is 15.4. The molecule has 1 amide bonds. The number of pyridine rings is 2. The van der Waals surface area contributed by atoms with Crippen LogP contribution in [-0.4, -0.2) is 157 Å². The largest absolute Gasteiger partial charge is 0.360 e. The lowest BCUT2D eigenvalue weighted by Gasteiger charge is -2.36. The zero-order valence-electron chi connectivity index (χ0n) is 68.0. The third kappa shape index (κ3) is 19.6. The van der Waals surface area contributed by atoms with Crippen LogP contribution in [0.15, 0.2) is 84.9 Å². The third-order valence-electron chi connectivity index (χ3n) is 22.6. The van der Waals surface area contributed by atoms with Crippen molar-refractivity contribution < 1.29 is 98.2 Å². The molecule has 4 aromatic carbocycles. The number of nitrogens with one attached hydrogen (secondary N) is 1. The van der Waals surface area contributed by atoms with Gasteiger partial charge in [-0.2, -0.15) is 38.0 Å². The Morgan fingerprint density at radius 1 is 0.568 bits per heavy atom. The number of amides is 1. The van der Waals surface area contributed by atoms with Crippen molar-refractivity contribution in [3.05, 3.63) is 197 Å². The first kappa shape index (κ1) is 91.2.